The minimum atomic E-state index is 0.239. The summed E-state index contributed by atoms with van der Waals surface area (Å²) in [5, 5.41) is 0. The molecular formula is C20H21NO. The number of benzene rings is 2. The number of hydrogen-bond donors (Lipinski definition) is 0. The molecule has 0 aromatic heterocycles. The molecule has 4 rings (SSSR count). The molecule has 0 spiro atoms. The highest BCUT2D eigenvalue weighted by Crippen LogP contribution is 2.54. The molecule has 0 saturated carbocycles. The monoisotopic (exact) mass is 291 g/mol. The Hall–Kier alpha value is -2.09. The predicted molar refractivity (Wildman–Crippen MR) is 87.7 cm³/mol. The maximum absolute atomic E-state index is 12.2. The van der Waals surface area contributed by atoms with Gasteiger partial charge in [-0.1, -0.05) is 54.1 Å². The minimum absolute atomic E-state index is 0.239. The molecule has 22 heavy (non-hydrogen) atoms. The highest BCUT2D eigenvalue weighted by atomic mass is 16.2. The van der Waals surface area contributed by atoms with Crippen LogP contribution in [0.4, 0.5) is 0 Å². The van der Waals surface area contributed by atoms with Gasteiger partial charge in [0, 0.05) is 19.4 Å². The molecule has 2 heteroatoms. The molecule has 1 fully saturated rings. The number of nitrogens with zero attached hydrogens (tertiary/aromatic N) is 1. The molecule has 2 nitrogen and oxygen atoms in total. The fourth-order valence-corrected chi connectivity index (χ4v) is 4.44. The van der Waals surface area contributed by atoms with Gasteiger partial charge in [-0.15, -0.1) is 0 Å². The van der Waals surface area contributed by atoms with Crippen molar-refractivity contribution in [1.29, 1.82) is 0 Å². The van der Waals surface area contributed by atoms with E-state index in [9.17, 15) is 4.79 Å². The van der Waals surface area contributed by atoms with Crippen molar-refractivity contribution in [3.05, 3.63) is 70.8 Å². The quantitative estimate of drug-likeness (QED) is 0.776. The van der Waals surface area contributed by atoms with Crippen molar-refractivity contribution >= 4 is 5.91 Å². The third kappa shape index (κ3) is 1.90. The number of fused-ring (bicyclic) bond motifs is 3. The Labute approximate surface area is 131 Å². The zero-order valence-corrected chi connectivity index (χ0v) is 13.1. The zero-order valence-electron chi connectivity index (χ0n) is 13.1. The maximum atomic E-state index is 12.2. The van der Waals surface area contributed by atoms with Crippen molar-refractivity contribution in [2.75, 3.05) is 7.05 Å². The van der Waals surface area contributed by atoms with Crippen LogP contribution in [0.2, 0.25) is 0 Å². The molecule has 1 heterocycles. The number of carbonyl (C=O) groups is 1. The van der Waals surface area contributed by atoms with E-state index >= 15 is 0 Å². The van der Waals surface area contributed by atoms with E-state index in [2.05, 4.69) is 55.5 Å². The van der Waals surface area contributed by atoms with Crippen molar-refractivity contribution in [3.63, 3.8) is 0 Å². The summed E-state index contributed by atoms with van der Waals surface area (Å²) < 4.78 is 0. The number of carbonyl (C=O) groups excluding carboxylic acids is 1. The second-order valence-electron chi connectivity index (χ2n) is 6.67. The first-order valence-electron chi connectivity index (χ1n) is 8.08. The summed E-state index contributed by atoms with van der Waals surface area (Å²) in [4.78, 5) is 14.1. The molecule has 0 unspecified atom stereocenters. The number of likely N-dealkylation sites (tertiary alicyclic amines) is 1. The first-order chi connectivity index (χ1) is 10.7. The van der Waals surface area contributed by atoms with Crippen molar-refractivity contribution < 1.29 is 4.79 Å². The third-order valence-corrected chi connectivity index (χ3v) is 5.39. The SMILES string of the molecule is Cc1cccc([C@H]2c3ccccc3[C@@H]3[C@H]2CCC(=O)N3C)c1. The van der Waals surface area contributed by atoms with E-state index in [-0.39, 0.29) is 11.9 Å². The number of amides is 1. The smallest absolute Gasteiger partial charge is 0.222 e. The van der Waals surface area contributed by atoms with Gasteiger partial charge in [-0.05, 0) is 36.0 Å². The van der Waals surface area contributed by atoms with Crippen molar-refractivity contribution in [1.82, 2.24) is 4.90 Å². The Morgan fingerprint density at radius 1 is 1.05 bits per heavy atom. The van der Waals surface area contributed by atoms with Crippen LogP contribution in [-0.4, -0.2) is 17.9 Å². The summed E-state index contributed by atoms with van der Waals surface area (Å²) in [7, 11) is 1.97. The van der Waals surface area contributed by atoms with E-state index < -0.39 is 0 Å². The van der Waals surface area contributed by atoms with Gasteiger partial charge < -0.3 is 4.90 Å². The fraction of sp³-hybridized carbons (Fsp3) is 0.350. The van der Waals surface area contributed by atoms with Crippen molar-refractivity contribution in [2.45, 2.75) is 31.7 Å². The van der Waals surface area contributed by atoms with E-state index in [1.807, 2.05) is 11.9 Å². The third-order valence-electron chi connectivity index (χ3n) is 5.39. The summed E-state index contributed by atoms with van der Waals surface area (Å²) in [5.41, 5.74) is 5.44. The first-order valence-corrected chi connectivity index (χ1v) is 8.08. The fourth-order valence-electron chi connectivity index (χ4n) is 4.44. The summed E-state index contributed by atoms with van der Waals surface area (Å²) in [6, 6.07) is 17.8. The number of hydrogen-bond acceptors (Lipinski definition) is 1. The Bertz CT molecular complexity index is 736. The lowest BCUT2D eigenvalue weighted by Gasteiger charge is -2.37. The van der Waals surface area contributed by atoms with Crippen molar-refractivity contribution in [3.8, 4) is 0 Å². The van der Waals surface area contributed by atoms with Crippen LogP contribution in [0.15, 0.2) is 48.5 Å². The van der Waals surface area contributed by atoms with Gasteiger partial charge in [0.2, 0.25) is 5.91 Å². The number of aryl methyl sites for hydroxylation is 1. The van der Waals surface area contributed by atoms with E-state index in [1.54, 1.807) is 0 Å². The molecule has 112 valence electrons. The lowest BCUT2D eigenvalue weighted by molar-refractivity contribution is -0.136. The standard InChI is InChI=1S/C20H21NO/c1-13-6-5-7-14(12-13)19-15-8-3-4-9-16(15)20-17(19)10-11-18(22)21(20)2/h3-9,12,17,19-20H,10-11H2,1-2H3/t17-,19-,20+/m0/s1. The van der Waals surface area contributed by atoms with Crippen LogP contribution in [0.1, 0.15) is 47.1 Å². The zero-order chi connectivity index (χ0) is 15.3. The number of piperidine rings is 1. The van der Waals surface area contributed by atoms with Crippen LogP contribution in [0.25, 0.3) is 0 Å². The molecule has 0 N–H and O–H groups in total. The van der Waals surface area contributed by atoms with Gasteiger partial charge in [0.05, 0.1) is 6.04 Å². The molecule has 1 saturated heterocycles. The normalized spacial score (nSPS) is 26.7. The molecule has 0 bridgehead atoms. The number of rotatable bonds is 1. The molecule has 1 amide bonds. The van der Waals surface area contributed by atoms with Crippen LogP contribution in [0.5, 0.6) is 0 Å². The van der Waals surface area contributed by atoms with E-state index in [4.69, 9.17) is 0 Å². The van der Waals surface area contributed by atoms with Crippen LogP contribution in [0, 0.1) is 12.8 Å². The van der Waals surface area contributed by atoms with Crippen molar-refractivity contribution in [2.24, 2.45) is 5.92 Å². The van der Waals surface area contributed by atoms with Gasteiger partial charge in [0.1, 0.15) is 0 Å². The molecule has 2 aromatic rings. The topological polar surface area (TPSA) is 20.3 Å². The second-order valence-corrected chi connectivity index (χ2v) is 6.67. The van der Waals surface area contributed by atoms with E-state index in [1.165, 1.54) is 22.3 Å². The van der Waals surface area contributed by atoms with Gasteiger partial charge in [-0.2, -0.15) is 0 Å². The van der Waals surface area contributed by atoms with Crippen LogP contribution in [-0.2, 0) is 4.79 Å². The molecule has 2 aromatic carbocycles. The van der Waals surface area contributed by atoms with Gasteiger partial charge in [-0.25, -0.2) is 0 Å². The largest absolute Gasteiger partial charge is 0.338 e. The Morgan fingerprint density at radius 2 is 1.82 bits per heavy atom. The lowest BCUT2D eigenvalue weighted by atomic mass is 9.79. The second kappa shape index (κ2) is 4.98. The van der Waals surface area contributed by atoms with Crippen LogP contribution < -0.4 is 0 Å². The van der Waals surface area contributed by atoms with Gasteiger partial charge >= 0.3 is 0 Å². The van der Waals surface area contributed by atoms with E-state index in [0.717, 1.165) is 6.42 Å². The average molecular weight is 291 g/mol. The van der Waals surface area contributed by atoms with Gasteiger partial charge in [0.25, 0.3) is 0 Å². The Kier molecular flexibility index (Phi) is 3.07. The molecule has 1 aliphatic carbocycles. The van der Waals surface area contributed by atoms with Gasteiger partial charge in [-0.3, -0.25) is 4.79 Å². The maximum Gasteiger partial charge on any atom is 0.222 e. The highest BCUT2D eigenvalue weighted by molar-refractivity contribution is 5.78. The predicted octanol–water partition coefficient (Wildman–Crippen LogP) is 4.05. The lowest BCUT2D eigenvalue weighted by Crippen LogP contribution is -2.39. The first kappa shape index (κ1) is 13.6. The summed E-state index contributed by atoms with van der Waals surface area (Å²) in [5.74, 6) is 1.19. The molecule has 0 radical (unpaired) electrons. The van der Waals surface area contributed by atoms with Crippen LogP contribution in [0.3, 0.4) is 0 Å². The molecule has 2 aliphatic rings. The minimum Gasteiger partial charge on any atom is -0.338 e. The molecule has 1 aliphatic heterocycles. The molecular weight excluding hydrogens is 270 g/mol. The summed E-state index contributed by atoms with van der Waals surface area (Å²) >= 11 is 0. The van der Waals surface area contributed by atoms with Crippen LogP contribution >= 0.6 is 0 Å². The highest BCUT2D eigenvalue weighted by Gasteiger charge is 2.46. The Balaban J connectivity index is 1.87. The Morgan fingerprint density at radius 3 is 2.59 bits per heavy atom. The van der Waals surface area contributed by atoms with E-state index in [0.29, 0.717) is 18.3 Å². The van der Waals surface area contributed by atoms with Gasteiger partial charge in [0.15, 0.2) is 0 Å². The summed E-state index contributed by atoms with van der Waals surface area (Å²) in [6.45, 7) is 2.15. The molecule has 3 atom stereocenters. The average Bonchev–Trinajstić information content (AvgIpc) is 2.86. The summed E-state index contributed by atoms with van der Waals surface area (Å²) in [6.07, 6.45) is 1.66.